The number of thiophene rings is 1. The van der Waals surface area contributed by atoms with E-state index in [2.05, 4.69) is 37.4 Å². The highest BCUT2D eigenvalue weighted by molar-refractivity contribution is 14.0. The lowest BCUT2D eigenvalue weighted by atomic mass is 10.3. The molecule has 1 fully saturated rings. The summed E-state index contributed by atoms with van der Waals surface area (Å²) in [6.07, 6.45) is 2.56. The summed E-state index contributed by atoms with van der Waals surface area (Å²) in [6.45, 7) is 5.02. The molecule has 0 spiro atoms. The maximum Gasteiger partial charge on any atom is 0.191 e. The molecule has 0 bridgehead atoms. The summed E-state index contributed by atoms with van der Waals surface area (Å²) in [4.78, 5) is 10.8. The molecule has 2 aromatic rings. The van der Waals surface area contributed by atoms with Crippen LogP contribution in [0.25, 0.3) is 0 Å². The number of nitrogens with zero attached hydrogens (tertiary/aromatic N) is 3. The highest BCUT2D eigenvalue weighted by Crippen LogP contribution is 2.20. The van der Waals surface area contributed by atoms with E-state index < -0.39 is 0 Å². The molecular formula is C17H23FIN5S. The molecule has 0 amide bonds. The van der Waals surface area contributed by atoms with Crippen molar-refractivity contribution in [3.63, 3.8) is 0 Å². The fraction of sp³-hybridized carbons (Fsp3) is 0.412. The molecule has 3 rings (SSSR count). The zero-order chi connectivity index (χ0) is 16.8. The van der Waals surface area contributed by atoms with Crippen LogP contribution in [0.1, 0.15) is 18.9 Å². The topological polar surface area (TPSA) is 52.6 Å². The second-order valence-corrected chi connectivity index (χ2v) is 6.49. The first-order chi connectivity index (χ1) is 11.8. The van der Waals surface area contributed by atoms with Crippen LogP contribution in [0.2, 0.25) is 0 Å². The smallest absolute Gasteiger partial charge is 0.191 e. The van der Waals surface area contributed by atoms with Crippen LogP contribution in [0.3, 0.4) is 0 Å². The Bertz CT molecular complexity index is 679. The van der Waals surface area contributed by atoms with Crippen molar-refractivity contribution in [2.75, 3.05) is 24.5 Å². The molecule has 1 aliphatic rings. The van der Waals surface area contributed by atoms with Gasteiger partial charge in [-0.2, -0.15) is 11.3 Å². The number of guanidine groups is 1. The number of hydrogen-bond acceptors (Lipinski definition) is 4. The molecule has 2 N–H and O–H groups in total. The van der Waals surface area contributed by atoms with Crippen molar-refractivity contribution in [3.8, 4) is 0 Å². The first kappa shape index (κ1) is 19.9. The van der Waals surface area contributed by atoms with E-state index in [-0.39, 0.29) is 35.8 Å². The molecule has 1 saturated heterocycles. The monoisotopic (exact) mass is 475 g/mol. The number of halogens is 2. The van der Waals surface area contributed by atoms with Crippen molar-refractivity contribution in [2.45, 2.75) is 25.9 Å². The van der Waals surface area contributed by atoms with Gasteiger partial charge in [0.15, 0.2) is 17.6 Å². The van der Waals surface area contributed by atoms with Crippen LogP contribution < -0.4 is 15.5 Å². The van der Waals surface area contributed by atoms with E-state index in [1.807, 2.05) is 11.8 Å². The predicted molar refractivity (Wildman–Crippen MR) is 112 cm³/mol. The summed E-state index contributed by atoms with van der Waals surface area (Å²) in [5.41, 5.74) is 1.21. The summed E-state index contributed by atoms with van der Waals surface area (Å²) >= 11 is 1.68. The molecule has 0 radical (unpaired) electrons. The third kappa shape index (κ3) is 5.53. The lowest BCUT2D eigenvalue weighted by molar-refractivity contribution is 0.612. The summed E-state index contributed by atoms with van der Waals surface area (Å²) < 4.78 is 13.9. The Morgan fingerprint density at radius 3 is 3.08 bits per heavy atom. The Kier molecular flexibility index (Phi) is 7.89. The summed E-state index contributed by atoms with van der Waals surface area (Å²) in [5, 5.41) is 10.9. The maximum absolute atomic E-state index is 13.9. The number of aliphatic imine (C=N–C) groups is 1. The first-order valence-corrected chi connectivity index (χ1v) is 9.12. The zero-order valence-electron chi connectivity index (χ0n) is 14.1. The van der Waals surface area contributed by atoms with E-state index in [0.29, 0.717) is 12.4 Å². The highest BCUT2D eigenvalue weighted by Gasteiger charge is 2.25. The Morgan fingerprint density at radius 2 is 2.36 bits per heavy atom. The van der Waals surface area contributed by atoms with Crippen LogP contribution in [-0.4, -0.2) is 36.6 Å². The fourth-order valence-electron chi connectivity index (χ4n) is 2.75. The second-order valence-electron chi connectivity index (χ2n) is 5.71. The van der Waals surface area contributed by atoms with Crippen LogP contribution in [-0.2, 0) is 6.54 Å². The van der Waals surface area contributed by atoms with Crippen molar-refractivity contribution in [2.24, 2.45) is 4.99 Å². The third-order valence-electron chi connectivity index (χ3n) is 3.91. The Hall–Kier alpha value is -1.42. The highest BCUT2D eigenvalue weighted by atomic mass is 127. The molecule has 3 heterocycles. The quantitative estimate of drug-likeness (QED) is 0.396. The number of rotatable bonds is 5. The first-order valence-electron chi connectivity index (χ1n) is 8.17. The lowest BCUT2D eigenvalue weighted by Crippen LogP contribution is -2.44. The summed E-state index contributed by atoms with van der Waals surface area (Å²) in [5.74, 6) is 0.968. The molecule has 0 saturated carbocycles. The molecule has 1 aliphatic heterocycles. The van der Waals surface area contributed by atoms with E-state index in [1.165, 1.54) is 11.6 Å². The molecule has 2 aromatic heterocycles. The molecule has 25 heavy (non-hydrogen) atoms. The van der Waals surface area contributed by atoms with Gasteiger partial charge in [0.1, 0.15) is 0 Å². The maximum atomic E-state index is 13.9. The number of anilines is 1. The average Bonchev–Trinajstić information content (AvgIpc) is 3.25. The van der Waals surface area contributed by atoms with Crippen molar-refractivity contribution in [3.05, 3.63) is 46.5 Å². The van der Waals surface area contributed by atoms with Gasteiger partial charge in [0.25, 0.3) is 0 Å². The molecule has 0 aromatic carbocycles. The molecule has 1 atom stereocenters. The minimum absolute atomic E-state index is 0. The standard InChI is InChI=1S/C17H22FN5S.HI/c1-2-19-17(21-10-13-6-9-24-12-13)22-14-5-8-23(11-14)16-15(18)4-3-7-20-16;/h3-4,6-7,9,12,14H,2,5,8,10-11H2,1H3,(H2,19,21,22);1H. The predicted octanol–water partition coefficient (Wildman–Crippen LogP) is 3.23. The van der Waals surface area contributed by atoms with E-state index in [0.717, 1.165) is 32.0 Å². The second kappa shape index (κ2) is 9.91. The molecule has 5 nitrogen and oxygen atoms in total. The lowest BCUT2D eigenvalue weighted by Gasteiger charge is -2.19. The Labute approximate surface area is 168 Å². The Balaban J connectivity index is 0.00000225. The van der Waals surface area contributed by atoms with Gasteiger partial charge in [0, 0.05) is 31.9 Å². The van der Waals surface area contributed by atoms with Gasteiger partial charge in [0.05, 0.1) is 6.54 Å². The molecule has 1 unspecified atom stereocenters. The third-order valence-corrected chi connectivity index (χ3v) is 4.64. The molecular weight excluding hydrogens is 452 g/mol. The van der Waals surface area contributed by atoms with Gasteiger partial charge >= 0.3 is 0 Å². The van der Waals surface area contributed by atoms with Gasteiger partial charge < -0.3 is 15.5 Å². The van der Waals surface area contributed by atoms with E-state index in [1.54, 1.807) is 23.6 Å². The van der Waals surface area contributed by atoms with Crippen molar-refractivity contribution in [1.29, 1.82) is 0 Å². The number of aromatic nitrogens is 1. The van der Waals surface area contributed by atoms with Crippen LogP contribution in [0.15, 0.2) is 40.1 Å². The summed E-state index contributed by atoms with van der Waals surface area (Å²) in [6, 6.07) is 5.38. The van der Waals surface area contributed by atoms with Crippen LogP contribution in [0, 0.1) is 5.82 Å². The normalized spacial score (nSPS) is 17.3. The van der Waals surface area contributed by atoms with Crippen LogP contribution in [0.5, 0.6) is 0 Å². The average molecular weight is 475 g/mol. The minimum atomic E-state index is -0.267. The minimum Gasteiger partial charge on any atom is -0.357 e. The number of hydrogen-bond donors (Lipinski definition) is 2. The van der Waals surface area contributed by atoms with Crippen LogP contribution in [0.4, 0.5) is 10.2 Å². The van der Waals surface area contributed by atoms with E-state index >= 15 is 0 Å². The van der Waals surface area contributed by atoms with Gasteiger partial charge in [-0.3, -0.25) is 0 Å². The van der Waals surface area contributed by atoms with E-state index in [9.17, 15) is 4.39 Å². The summed E-state index contributed by atoms with van der Waals surface area (Å²) in [7, 11) is 0. The Morgan fingerprint density at radius 1 is 1.48 bits per heavy atom. The van der Waals surface area contributed by atoms with Gasteiger partial charge in [0.2, 0.25) is 0 Å². The van der Waals surface area contributed by atoms with Gasteiger partial charge in [-0.15, -0.1) is 24.0 Å². The van der Waals surface area contributed by atoms with Crippen LogP contribution >= 0.6 is 35.3 Å². The van der Waals surface area contributed by atoms with Crippen molar-refractivity contribution < 1.29 is 4.39 Å². The number of nitrogens with one attached hydrogen (secondary N) is 2. The van der Waals surface area contributed by atoms with Gasteiger partial charge in [-0.05, 0) is 47.9 Å². The molecule has 0 aliphatic carbocycles. The van der Waals surface area contributed by atoms with E-state index in [4.69, 9.17) is 0 Å². The van der Waals surface area contributed by atoms with Gasteiger partial charge in [-0.1, -0.05) is 0 Å². The van der Waals surface area contributed by atoms with Gasteiger partial charge in [-0.25, -0.2) is 14.4 Å². The number of pyridine rings is 1. The largest absolute Gasteiger partial charge is 0.357 e. The fourth-order valence-corrected chi connectivity index (χ4v) is 3.41. The zero-order valence-corrected chi connectivity index (χ0v) is 17.3. The SMILES string of the molecule is CCNC(=NCc1ccsc1)NC1CCN(c2ncccc2F)C1.I. The van der Waals surface area contributed by atoms with Crippen molar-refractivity contribution in [1.82, 2.24) is 15.6 Å². The molecule has 136 valence electrons. The molecule has 8 heteroatoms. The van der Waals surface area contributed by atoms with Crippen molar-refractivity contribution >= 4 is 47.1 Å².